The molecule has 2 atom stereocenters. The molecule has 116 valence electrons. The van der Waals surface area contributed by atoms with Gasteiger partial charge >= 0.3 is 0 Å². The van der Waals surface area contributed by atoms with Crippen molar-refractivity contribution in [3.63, 3.8) is 0 Å². The zero-order valence-corrected chi connectivity index (χ0v) is 14.0. The summed E-state index contributed by atoms with van der Waals surface area (Å²) in [5, 5.41) is 2.93. The Kier molecular flexibility index (Phi) is 4.88. The van der Waals surface area contributed by atoms with E-state index in [1.807, 2.05) is 32.6 Å². The summed E-state index contributed by atoms with van der Waals surface area (Å²) in [5.41, 5.74) is -0.523. The van der Waals surface area contributed by atoms with Crippen molar-refractivity contribution >= 4 is 11.8 Å². The van der Waals surface area contributed by atoms with Gasteiger partial charge < -0.3 is 10.2 Å². The molecule has 0 aromatic carbocycles. The fourth-order valence-corrected chi connectivity index (χ4v) is 2.90. The molecule has 20 heavy (non-hydrogen) atoms. The molecule has 0 aromatic heterocycles. The Hall–Kier alpha value is -1.06. The largest absolute Gasteiger partial charge is 0.342 e. The molecule has 1 rings (SSSR count). The smallest absolute Gasteiger partial charge is 0.246 e. The van der Waals surface area contributed by atoms with Gasteiger partial charge in [-0.05, 0) is 31.6 Å². The fraction of sp³-hybridized carbons (Fsp3) is 0.875. The Labute approximate surface area is 123 Å². The minimum atomic E-state index is -0.435. The Morgan fingerprint density at radius 3 is 1.90 bits per heavy atom. The highest BCUT2D eigenvalue weighted by atomic mass is 16.2. The molecule has 2 amide bonds. The third kappa shape index (κ3) is 2.84. The van der Waals surface area contributed by atoms with Crippen LogP contribution in [-0.4, -0.2) is 34.3 Å². The molecule has 0 aromatic rings. The number of rotatable bonds is 4. The maximum Gasteiger partial charge on any atom is 0.246 e. The minimum absolute atomic E-state index is 0.0138. The van der Waals surface area contributed by atoms with Crippen molar-refractivity contribution in [1.82, 2.24) is 10.2 Å². The van der Waals surface area contributed by atoms with E-state index in [4.69, 9.17) is 0 Å². The highest BCUT2D eigenvalue weighted by Gasteiger charge is 2.49. The highest BCUT2D eigenvalue weighted by molar-refractivity contribution is 5.97. The Morgan fingerprint density at radius 1 is 1.05 bits per heavy atom. The van der Waals surface area contributed by atoms with Crippen molar-refractivity contribution in [2.75, 3.05) is 0 Å². The van der Waals surface area contributed by atoms with Gasteiger partial charge in [-0.2, -0.15) is 0 Å². The van der Waals surface area contributed by atoms with Crippen LogP contribution in [0.4, 0.5) is 0 Å². The summed E-state index contributed by atoms with van der Waals surface area (Å²) in [7, 11) is 0. The van der Waals surface area contributed by atoms with Gasteiger partial charge in [0.25, 0.3) is 0 Å². The molecule has 0 radical (unpaired) electrons. The summed E-state index contributed by atoms with van der Waals surface area (Å²) in [6.07, 6.45) is 2.37. The Balaban J connectivity index is 3.27. The number of nitrogens with one attached hydrogen (secondary N) is 1. The second-order valence-electron chi connectivity index (χ2n) is 7.14. The zero-order chi connectivity index (χ0) is 15.7. The predicted molar refractivity (Wildman–Crippen MR) is 81.3 cm³/mol. The van der Waals surface area contributed by atoms with E-state index in [-0.39, 0.29) is 28.8 Å². The second kappa shape index (κ2) is 5.74. The van der Waals surface area contributed by atoms with Gasteiger partial charge in [0.2, 0.25) is 11.8 Å². The van der Waals surface area contributed by atoms with E-state index in [9.17, 15) is 9.59 Å². The predicted octanol–water partition coefficient (Wildman–Crippen LogP) is 2.72. The maximum absolute atomic E-state index is 13.0. The van der Waals surface area contributed by atoms with Crippen molar-refractivity contribution < 1.29 is 9.59 Å². The highest BCUT2D eigenvalue weighted by Crippen LogP contribution is 2.33. The van der Waals surface area contributed by atoms with Crippen molar-refractivity contribution in [3.05, 3.63) is 0 Å². The lowest BCUT2D eigenvalue weighted by Crippen LogP contribution is -2.71. The van der Waals surface area contributed by atoms with Gasteiger partial charge in [-0.25, -0.2) is 0 Å². The van der Waals surface area contributed by atoms with Crippen molar-refractivity contribution in [1.29, 1.82) is 0 Å². The Bertz CT molecular complexity index is 380. The molecule has 1 saturated heterocycles. The first-order valence-electron chi connectivity index (χ1n) is 7.76. The molecular weight excluding hydrogens is 252 g/mol. The number of nitrogens with zero attached hydrogens (tertiary/aromatic N) is 1. The molecule has 1 aliphatic heterocycles. The maximum atomic E-state index is 13.0. The number of hydrogen-bond acceptors (Lipinski definition) is 2. The van der Waals surface area contributed by atoms with Crippen LogP contribution < -0.4 is 5.32 Å². The summed E-state index contributed by atoms with van der Waals surface area (Å²) < 4.78 is 0. The van der Waals surface area contributed by atoms with Crippen LogP contribution in [0, 0.1) is 5.41 Å². The van der Waals surface area contributed by atoms with Gasteiger partial charge in [0, 0.05) is 5.54 Å². The summed E-state index contributed by atoms with van der Waals surface area (Å²) in [4.78, 5) is 27.2. The minimum Gasteiger partial charge on any atom is -0.342 e. The Morgan fingerprint density at radius 2 is 1.55 bits per heavy atom. The van der Waals surface area contributed by atoms with Crippen molar-refractivity contribution in [3.8, 4) is 0 Å². The van der Waals surface area contributed by atoms with Gasteiger partial charge in [0.1, 0.15) is 12.1 Å². The SMILES string of the molecule is CCC1C(=O)NC(C(C)(C)C)C(=O)N1C(C)(CC)CC. The van der Waals surface area contributed by atoms with Crippen LogP contribution in [0.3, 0.4) is 0 Å². The fourth-order valence-electron chi connectivity index (χ4n) is 2.90. The molecule has 1 fully saturated rings. The lowest BCUT2D eigenvalue weighted by atomic mass is 9.80. The van der Waals surface area contributed by atoms with Crippen molar-refractivity contribution in [2.45, 2.75) is 85.4 Å². The molecule has 1 heterocycles. The molecule has 1 aliphatic rings. The molecule has 1 N–H and O–H groups in total. The summed E-state index contributed by atoms with van der Waals surface area (Å²) >= 11 is 0. The second-order valence-corrected chi connectivity index (χ2v) is 7.14. The van der Waals surface area contributed by atoms with Crippen LogP contribution in [0.25, 0.3) is 0 Å². The average Bonchev–Trinajstić information content (AvgIpc) is 2.38. The lowest BCUT2D eigenvalue weighted by Gasteiger charge is -2.51. The van der Waals surface area contributed by atoms with E-state index in [0.717, 1.165) is 12.8 Å². The third-order valence-corrected chi connectivity index (χ3v) is 4.74. The van der Waals surface area contributed by atoms with Gasteiger partial charge in [0.05, 0.1) is 0 Å². The number of piperazine rings is 1. The molecule has 0 saturated carbocycles. The average molecular weight is 282 g/mol. The topological polar surface area (TPSA) is 49.4 Å². The quantitative estimate of drug-likeness (QED) is 0.862. The van der Waals surface area contributed by atoms with E-state index in [0.29, 0.717) is 6.42 Å². The van der Waals surface area contributed by atoms with E-state index >= 15 is 0 Å². The first kappa shape index (κ1) is 17.0. The molecule has 4 nitrogen and oxygen atoms in total. The van der Waals surface area contributed by atoms with Crippen molar-refractivity contribution in [2.24, 2.45) is 5.41 Å². The molecule has 2 unspecified atom stereocenters. The van der Waals surface area contributed by atoms with Crippen LogP contribution in [0.2, 0.25) is 0 Å². The van der Waals surface area contributed by atoms with E-state index in [1.165, 1.54) is 0 Å². The van der Waals surface area contributed by atoms with Crippen LogP contribution >= 0.6 is 0 Å². The van der Waals surface area contributed by atoms with Gasteiger partial charge in [-0.3, -0.25) is 9.59 Å². The standard InChI is InChI=1S/C16H30N2O2/c1-8-11-13(19)17-12(15(4,5)6)14(20)18(11)16(7,9-2)10-3/h11-12H,8-10H2,1-7H3,(H,17,19). The van der Waals surface area contributed by atoms with E-state index < -0.39 is 6.04 Å². The lowest BCUT2D eigenvalue weighted by molar-refractivity contribution is -0.160. The zero-order valence-electron chi connectivity index (χ0n) is 14.0. The van der Waals surface area contributed by atoms with Crippen LogP contribution in [0.5, 0.6) is 0 Å². The van der Waals surface area contributed by atoms with Gasteiger partial charge in [-0.1, -0.05) is 41.5 Å². The van der Waals surface area contributed by atoms with Gasteiger partial charge in [-0.15, -0.1) is 0 Å². The van der Waals surface area contributed by atoms with Crippen LogP contribution in [0.1, 0.15) is 67.7 Å². The van der Waals surface area contributed by atoms with Crippen LogP contribution in [-0.2, 0) is 9.59 Å². The normalized spacial score (nSPS) is 24.9. The van der Waals surface area contributed by atoms with Crippen LogP contribution in [0.15, 0.2) is 0 Å². The summed E-state index contributed by atoms with van der Waals surface area (Å²) in [6.45, 7) is 14.2. The monoisotopic (exact) mass is 282 g/mol. The van der Waals surface area contributed by atoms with E-state index in [1.54, 1.807) is 0 Å². The number of carbonyl (C=O) groups excluding carboxylic acids is 2. The first-order chi connectivity index (χ1) is 9.12. The number of hydrogen-bond donors (Lipinski definition) is 1. The van der Waals surface area contributed by atoms with Gasteiger partial charge in [0.15, 0.2) is 0 Å². The third-order valence-electron chi connectivity index (χ3n) is 4.74. The molecule has 4 heteroatoms. The molecule has 0 spiro atoms. The molecule has 0 bridgehead atoms. The summed E-state index contributed by atoms with van der Waals surface area (Å²) in [6, 6.07) is -0.777. The molecular formula is C16H30N2O2. The number of carbonyl (C=O) groups is 2. The first-order valence-corrected chi connectivity index (χ1v) is 7.76. The summed E-state index contributed by atoms with van der Waals surface area (Å²) in [5.74, 6) is 0.0512. The van der Waals surface area contributed by atoms with E-state index in [2.05, 4.69) is 26.1 Å². The number of amides is 2. The molecule has 0 aliphatic carbocycles.